The van der Waals surface area contributed by atoms with Gasteiger partial charge in [0, 0.05) is 18.6 Å². The number of nitrogens with zero attached hydrogens (tertiary/aromatic N) is 3. The third-order valence-corrected chi connectivity index (χ3v) is 7.39. The van der Waals surface area contributed by atoms with Gasteiger partial charge >= 0.3 is 0 Å². The summed E-state index contributed by atoms with van der Waals surface area (Å²) < 4.78 is 39.0. The highest BCUT2D eigenvalue weighted by molar-refractivity contribution is 7.18. The molecule has 0 spiro atoms. The summed E-state index contributed by atoms with van der Waals surface area (Å²) in [7, 11) is 3.14. The minimum atomic E-state index is -0.472. The Kier molecular flexibility index (Phi) is 6.69. The standard InChI is InChI=1S/C30H24FN3O5S/c1-17-6-4-9-21(28(17)31)24(35)11-18-7-5-8-19(10-18)16-38-25-12-20(36-2)13-26-22(25)14-27(39-26)23-15-34-29(32-23)40-30(33-34)37-3/h4-10,12-15H,11,16H2,1-3H3. The van der Waals surface area contributed by atoms with Crippen LogP contribution in [-0.4, -0.2) is 34.6 Å². The first-order chi connectivity index (χ1) is 19.4. The molecule has 0 unspecified atom stereocenters. The Morgan fingerprint density at radius 2 is 1.88 bits per heavy atom. The fourth-order valence-corrected chi connectivity index (χ4v) is 5.16. The van der Waals surface area contributed by atoms with Crippen molar-refractivity contribution in [1.82, 2.24) is 14.6 Å². The first-order valence-electron chi connectivity index (χ1n) is 12.4. The number of hydrogen-bond donors (Lipinski definition) is 0. The zero-order valence-electron chi connectivity index (χ0n) is 21.9. The molecule has 3 aromatic heterocycles. The highest BCUT2D eigenvalue weighted by atomic mass is 32.1. The number of hydrogen-bond acceptors (Lipinski definition) is 8. The van der Waals surface area contributed by atoms with Crippen molar-refractivity contribution in [3.63, 3.8) is 0 Å². The Labute approximate surface area is 232 Å². The maximum absolute atomic E-state index is 14.4. The normalized spacial score (nSPS) is 11.3. The number of carbonyl (C=O) groups is 1. The number of aryl methyl sites for hydroxylation is 1. The van der Waals surface area contributed by atoms with E-state index < -0.39 is 5.82 Å². The van der Waals surface area contributed by atoms with Crippen molar-refractivity contribution in [2.75, 3.05) is 14.2 Å². The van der Waals surface area contributed by atoms with Gasteiger partial charge in [0.1, 0.15) is 35.2 Å². The molecule has 0 aliphatic carbocycles. The molecule has 10 heteroatoms. The molecule has 3 heterocycles. The van der Waals surface area contributed by atoms with Gasteiger partial charge in [-0.3, -0.25) is 4.79 Å². The summed E-state index contributed by atoms with van der Waals surface area (Å²) in [6.45, 7) is 1.89. The molecule has 0 N–H and O–H groups in total. The topological polar surface area (TPSA) is 88.1 Å². The Bertz CT molecular complexity index is 1840. The Balaban J connectivity index is 1.23. The van der Waals surface area contributed by atoms with E-state index in [2.05, 4.69) is 10.1 Å². The van der Waals surface area contributed by atoms with E-state index >= 15 is 0 Å². The number of ether oxygens (including phenoxy) is 3. The molecule has 6 aromatic rings. The number of Topliss-reactive ketones (excluding diaryl/α,β-unsaturated/α-hetero) is 1. The van der Waals surface area contributed by atoms with Gasteiger partial charge in [-0.1, -0.05) is 36.4 Å². The molecule has 0 aliphatic heterocycles. The van der Waals surface area contributed by atoms with E-state index in [-0.39, 0.29) is 24.4 Å². The van der Waals surface area contributed by atoms with Gasteiger partial charge < -0.3 is 18.6 Å². The van der Waals surface area contributed by atoms with Crippen LogP contribution in [0.2, 0.25) is 0 Å². The second kappa shape index (κ2) is 10.5. The Morgan fingerprint density at radius 1 is 1.05 bits per heavy atom. The summed E-state index contributed by atoms with van der Waals surface area (Å²) in [5.41, 5.74) is 3.41. The number of furan rings is 1. The molecular formula is C30H24FN3O5S. The average Bonchev–Trinajstić information content (AvgIpc) is 3.66. The number of fused-ring (bicyclic) bond motifs is 2. The van der Waals surface area contributed by atoms with Crippen LogP contribution < -0.4 is 14.2 Å². The maximum atomic E-state index is 14.4. The third-order valence-electron chi connectivity index (χ3n) is 6.50. The van der Waals surface area contributed by atoms with Crippen molar-refractivity contribution >= 4 is 33.1 Å². The number of aromatic nitrogens is 3. The lowest BCUT2D eigenvalue weighted by molar-refractivity contribution is 0.0989. The van der Waals surface area contributed by atoms with Crippen molar-refractivity contribution in [3.8, 4) is 28.1 Å². The van der Waals surface area contributed by atoms with Crippen LogP contribution in [0.15, 0.2) is 71.3 Å². The first kappa shape index (κ1) is 25.6. The highest BCUT2D eigenvalue weighted by Crippen LogP contribution is 2.37. The van der Waals surface area contributed by atoms with Gasteiger partial charge in [-0.2, -0.15) is 0 Å². The molecule has 3 aromatic carbocycles. The average molecular weight is 558 g/mol. The quantitative estimate of drug-likeness (QED) is 0.183. The summed E-state index contributed by atoms with van der Waals surface area (Å²) in [5.74, 6) is 0.981. The lowest BCUT2D eigenvalue weighted by Gasteiger charge is -2.10. The molecule has 8 nitrogen and oxygen atoms in total. The van der Waals surface area contributed by atoms with E-state index in [1.807, 2.05) is 30.3 Å². The number of imidazole rings is 1. The summed E-state index contributed by atoms with van der Waals surface area (Å²) in [4.78, 5) is 18.1. The summed E-state index contributed by atoms with van der Waals surface area (Å²) in [6.07, 6.45) is 1.87. The molecule has 0 aliphatic rings. The van der Waals surface area contributed by atoms with E-state index in [0.29, 0.717) is 44.3 Å². The predicted octanol–water partition coefficient (Wildman–Crippen LogP) is 6.67. The van der Waals surface area contributed by atoms with Crippen LogP contribution in [0.4, 0.5) is 4.39 Å². The number of carbonyl (C=O) groups excluding carboxylic acids is 1. The molecule has 6 rings (SSSR count). The smallest absolute Gasteiger partial charge is 0.294 e. The summed E-state index contributed by atoms with van der Waals surface area (Å²) >= 11 is 1.33. The zero-order valence-corrected chi connectivity index (χ0v) is 22.8. The van der Waals surface area contributed by atoms with Crippen molar-refractivity contribution in [1.29, 1.82) is 0 Å². The van der Waals surface area contributed by atoms with Crippen LogP contribution in [-0.2, 0) is 13.0 Å². The van der Waals surface area contributed by atoms with Crippen molar-refractivity contribution < 1.29 is 27.8 Å². The van der Waals surface area contributed by atoms with Crippen LogP contribution in [0, 0.1) is 12.7 Å². The molecule has 202 valence electrons. The van der Waals surface area contributed by atoms with Crippen molar-refractivity contribution in [2.45, 2.75) is 20.0 Å². The molecule has 0 atom stereocenters. The van der Waals surface area contributed by atoms with Gasteiger partial charge in [0.05, 0.1) is 31.4 Å². The van der Waals surface area contributed by atoms with Gasteiger partial charge in [0.25, 0.3) is 5.19 Å². The minimum absolute atomic E-state index is 0.0888. The fourth-order valence-electron chi connectivity index (χ4n) is 4.46. The predicted molar refractivity (Wildman–Crippen MR) is 149 cm³/mol. The Morgan fingerprint density at radius 3 is 2.67 bits per heavy atom. The molecule has 0 saturated heterocycles. The molecule has 0 radical (unpaired) electrons. The van der Waals surface area contributed by atoms with Gasteiger partial charge in [-0.15, -0.1) is 5.10 Å². The van der Waals surface area contributed by atoms with Crippen LogP contribution >= 0.6 is 11.3 Å². The Hall–Kier alpha value is -4.70. The van der Waals surface area contributed by atoms with Gasteiger partial charge in [-0.05, 0) is 47.1 Å². The second-order valence-corrected chi connectivity index (χ2v) is 10.1. The molecular weight excluding hydrogens is 533 g/mol. The third kappa shape index (κ3) is 4.89. The first-order valence-corrected chi connectivity index (χ1v) is 13.2. The van der Waals surface area contributed by atoms with E-state index in [4.69, 9.17) is 18.6 Å². The summed E-state index contributed by atoms with van der Waals surface area (Å²) in [5, 5.41) is 5.60. The molecule has 40 heavy (non-hydrogen) atoms. The number of benzene rings is 3. The highest BCUT2D eigenvalue weighted by Gasteiger charge is 2.18. The number of methoxy groups -OCH3 is 2. The van der Waals surface area contributed by atoms with Gasteiger partial charge in [0.15, 0.2) is 11.5 Å². The lowest BCUT2D eigenvalue weighted by atomic mass is 10.00. The van der Waals surface area contributed by atoms with Crippen LogP contribution in [0.25, 0.3) is 27.4 Å². The molecule has 0 amide bonds. The molecule has 0 fully saturated rings. The SMILES string of the molecule is COc1cc(OCc2cccc(CC(=O)c3cccc(C)c3F)c2)c2cc(-c3cn4nc(OC)sc4n3)oc2c1. The number of ketones is 1. The van der Waals surface area contributed by atoms with E-state index in [1.54, 1.807) is 56.1 Å². The minimum Gasteiger partial charge on any atom is -0.496 e. The molecule has 0 bridgehead atoms. The molecule has 0 saturated carbocycles. The monoisotopic (exact) mass is 557 g/mol. The fraction of sp³-hybridized carbons (Fsp3) is 0.167. The van der Waals surface area contributed by atoms with Gasteiger partial charge in [0.2, 0.25) is 4.96 Å². The van der Waals surface area contributed by atoms with E-state index in [1.165, 1.54) is 17.4 Å². The van der Waals surface area contributed by atoms with Crippen molar-refractivity contribution in [2.24, 2.45) is 0 Å². The lowest BCUT2D eigenvalue weighted by Crippen LogP contribution is -2.07. The number of halogens is 1. The van der Waals surface area contributed by atoms with E-state index in [0.717, 1.165) is 16.5 Å². The van der Waals surface area contributed by atoms with Crippen LogP contribution in [0.1, 0.15) is 27.0 Å². The van der Waals surface area contributed by atoms with Crippen LogP contribution in [0.3, 0.4) is 0 Å². The largest absolute Gasteiger partial charge is 0.496 e. The van der Waals surface area contributed by atoms with Crippen molar-refractivity contribution in [3.05, 3.63) is 94.9 Å². The zero-order chi connectivity index (χ0) is 27.8. The van der Waals surface area contributed by atoms with Crippen LogP contribution in [0.5, 0.6) is 16.7 Å². The number of rotatable bonds is 9. The summed E-state index contributed by atoms with van der Waals surface area (Å²) in [6, 6.07) is 17.8. The van der Waals surface area contributed by atoms with Gasteiger partial charge in [-0.25, -0.2) is 13.9 Å². The maximum Gasteiger partial charge on any atom is 0.294 e. The van der Waals surface area contributed by atoms with E-state index in [9.17, 15) is 9.18 Å². The second-order valence-electron chi connectivity index (χ2n) is 9.22.